The number of nitrogens with one attached hydrogen (secondary N) is 1. The van der Waals surface area contributed by atoms with E-state index in [1.807, 2.05) is 13.8 Å². The third kappa shape index (κ3) is 7.35. The summed E-state index contributed by atoms with van der Waals surface area (Å²) in [7, 11) is -1.26. The molecule has 0 aliphatic heterocycles. The Balaban J connectivity index is 2.95. The van der Waals surface area contributed by atoms with Crippen LogP contribution < -0.4 is 5.32 Å². The first-order valence-corrected chi connectivity index (χ1v) is 12.8. The molecule has 1 rings (SSSR count). The molecular weight excluding hydrogens is 344 g/mol. The molecule has 0 unspecified atom stereocenters. The van der Waals surface area contributed by atoms with Crippen LogP contribution >= 0.6 is 7.26 Å². The number of aryl methyl sites for hydroxylation is 2. The molecule has 0 atom stereocenters. The van der Waals surface area contributed by atoms with Crippen molar-refractivity contribution in [1.29, 1.82) is 0 Å². The fourth-order valence-electron chi connectivity index (χ4n) is 3.64. The highest BCUT2D eigenvalue weighted by Crippen LogP contribution is 2.60. The number of hydrogen-bond acceptors (Lipinski definition) is 1. The van der Waals surface area contributed by atoms with E-state index in [1.54, 1.807) is 0 Å². The fourth-order valence-corrected chi connectivity index (χ4v) is 8.44. The Kier molecular flexibility index (Phi) is 10.4. The van der Waals surface area contributed by atoms with Crippen molar-refractivity contribution in [2.24, 2.45) is 0 Å². The van der Waals surface area contributed by atoms with E-state index < -0.39 is 7.26 Å². The van der Waals surface area contributed by atoms with E-state index in [0.29, 0.717) is 6.16 Å². The van der Waals surface area contributed by atoms with Crippen molar-refractivity contribution in [2.75, 3.05) is 30.0 Å². The SMILES string of the molecule is CCCC[P+](CCCC)(CCCC)CC(=O)Nc1c(C)cc(F)cc1C. The fraction of sp³-hybridized carbons (Fsp3) is 0.682. The Morgan fingerprint density at radius 1 is 0.923 bits per heavy atom. The van der Waals surface area contributed by atoms with Crippen molar-refractivity contribution in [3.8, 4) is 0 Å². The van der Waals surface area contributed by atoms with Crippen molar-refractivity contribution < 1.29 is 9.18 Å². The van der Waals surface area contributed by atoms with Gasteiger partial charge >= 0.3 is 0 Å². The van der Waals surface area contributed by atoms with E-state index in [-0.39, 0.29) is 11.7 Å². The maximum atomic E-state index is 13.5. The minimum atomic E-state index is -1.26. The average Bonchev–Trinajstić information content (AvgIpc) is 2.59. The number of carbonyl (C=O) groups is 1. The molecule has 0 aromatic heterocycles. The van der Waals surface area contributed by atoms with Gasteiger partial charge in [0.2, 0.25) is 0 Å². The molecule has 0 saturated heterocycles. The van der Waals surface area contributed by atoms with Gasteiger partial charge < -0.3 is 5.32 Å². The lowest BCUT2D eigenvalue weighted by Crippen LogP contribution is -2.24. The van der Waals surface area contributed by atoms with Crippen LogP contribution in [0.2, 0.25) is 0 Å². The predicted octanol–water partition coefficient (Wildman–Crippen LogP) is 6.80. The van der Waals surface area contributed by atoms with Gasteiger partial charge in [0.1, 0.15) is 12.0 Å². The molecule has 0 bridgehead atoms. The van der Waals surface area contributed by atoms with Gasteiger partial charge in [-0.05, 0) is 56.4 Å². The van der Waals surface area contributed by atoms with Gasteiger partial charge in [-0.25, -0.2) is 4.39 Å². The Hall–Kier alpha value is -0.950. The van der Waals surface area contributed by atoms with Crippen LogP contribution in [0.3, 0.4) is 0 Å². The summed E-state index contributed by atoms with van der Waals surface area (Å²) in [5.41, 5.74) is 2.39. The standard InChI is InChI=1S/C22H37FNOP/c1-6-9-12-26(13-10-7-2,14-11-8-3)17-21(25)24-22-18(4)15-20(23)16-19(22)5/h15-16H,6-14,17H2,1-5H3/p+1. The lowest BCUT2D eigenvalue weighted by atomic mass is 10.1. The molecule has 148 valence electrons. The van der Waals surface area contributed by atoms with Gasteiger partial charge in [-0.2, -0.15) is 0 Å². The second kappa shape index (κ2) is 11.7. The minimum absolute atomic E-state index is 0.124. The second-order valence-corrected chi connectivity index (χ2v) is 12.0. The predicted molar refractivity (Wildman–Crippen MR) is 116 cm³/mol. The first-order valence-electron chi connectivity index (χ1n) is 10.3. The number of benzene rings is 1. The molecule has 0 spiro atoms. The van der Waals surface area contributed by atoms with Gasteiger partial charge in [0.25, 0.3) is 5.91 Å². The number of rotatable bonds is 12. The van der Waals surface area contributed by atoms with Crippen LogP contribution in [0.1, 0.15) is 70.4 Å². The molecule has 4 heteroatoms. The molecule has 26 heavy (non-hydrogen) atoms. The summed E-state index contributed by atoms with van der Waals surface area (Å²) in [6.45, 7) is 10.4. The van der Waals surface area contributed by atoms with Gasteiger partial charge in [0.15, 0.2) is 0 Å². The first-order chi connectivity index (χ1) is 12.4. The third-order valence-electron chi connectivity index (χ3n) is 5.20. The molecule has 0 heterocycles. The summed E-state index contributed by atoms with van der Waals surface area (Å²) in [6.07, 6.45) is 11.6. The van der Waals surface area contributed by atoms with Crippen LogP contribution in [0.5, 0.6) is 0 Å². The number of halogens is 1. The molecule has 1 amide bonds. The maximum Gasteiger partial charge on any atom is 0.261 e. The Labute approximate surface area is 160 Å². The summed E-state index contributed by atoms with van der Waals surface area (Å²) in [5, 5.41) is 3.11. The van der Waals surface area contributed by atoms with E-state index in [2.05, 4.69) is 26.1 Å². The topological polar surface area (TPSA) is 29.1 Å². The zero-order chi connectivity index (χ0) is 19.6. The van der Waals surface area contributed by atoms with E-state index >= 15 is 0 Å². The summed E-state index contributed by atoms with van der Waals surface area (Å²) >= 11 is 0. The van der Waals surface area contributed by atoms with Gasteiger partial charge in [-0.1, -0.05) is 40.0 Å². The van der Waals surface area contributed by atoms with Crippen LogP contribution in [0, 0.1) is 19.7 Å². The molecule has 1 aromatic carbocycles. The number of unbranched alkanes of at least 4 members (excludes halogenated alkanes) is 3. The smallest absolute Gasteiger partial charge is 0.261 e. The van der Waals surface area contributed by atoms with E-state index in [1.165, 1.54) is 69.1 Å². The molecule has 0 radical (unpaired) electrons. The molecule has 0 fully saturated rings. The van der Waals surface area contributed by atoms with Crippen LogP contribution in [0.25, 0.3) is 0 Å². The quantitative estimate of drug-likeness (QED) is 0.396. The maximum absolute atomic E-state index is 13.5. The van der Waals surface area contributed by atoms with E-state index in [4.69, 9.17) is 0 Å². The van der Waals surface area contributed by atoms with Crippen LogP contribution in [-0.2, 0) is 4.79 Å². The van der Waals surface area contributed by atoms with Crippen molar-refractivity contribution >= 4 is 18.9 Å². The van der Waals surface area contributed by atoms with Gasteiger partial charge in [0, 0.05) is 12.9 Å². The van der Waals surface area contributed by atoms with Crippen molar-refractivity contribution in [3.05, 3.63) is 29.1 Å². The van der Waals surface area contributed by atoms with E-state index in [0.717, 1.165) is 16.8 Å². The molecule has 0 aliphatic rings. The van der Waals surface area contributed by atoms with E-state index in [9.17, 15) is 9.18 Å². The molecule has 2 nitrogen and oxygen atoms in total. The second-order valence-electron chi connectivity index (χ2n) is 7.69. The number of anilines is 1. The molecule has 1 aromatic rings. The monoisotopic (exact) mass is 382 g/mol. The largest absolute Gasteiger partial charge is 0.322 e. The van der Waals surface area contributed by atoms with Gasteiger partial charge in [-0.15, -0.1) is 0 Å². The Morgan fingerprint density at radius 2 is 1.35 bits per heavy atom. The molecule has 0 aliphatic carbocycles. The zero-order valence-electron chi connectivity index (χ0n) is 17.5. The molecule has 1 N–H and O–H groups in total. The average molecular weight is 383 g/mol. The van der Waals surface area contributed by atoms with Gasteiger partial charge in [0.05, 0.1) is 18.5 Å². The first kappa shape index (κ1) is 23.1. The summed E-state index contributed by atoms with van der Waals surface area (Å²) in [5.74, 6) is -0.117. The number of carbonyl (C=O) groups excluding carboxylic acids is 1. The lowest BCUT2D eigenvalue weighted by Gasteiger charge is -2.27. The van der Waals surface area contributed by atoms with Crippen LogP contribution in [-0.4, -0.2) is 30.6 Å². The van der Waals surface area contributed by atoms with Crippen LogP contribution in [0.15, 0.2) is 12.1 Å². The summed E-state index contributed by atoms with van der Waals surface area (Å²) in [4.78, 5) is 12.9. The van der Waals surface area contributed by atoms with Crippen molar-refractivity contribution in [1.82, 2.24) is 0 Å². The highest BCUT2D eigenvalue weighted by molar-refractivity contribution is 7.76. The molecule has 0 saturated carbocycles. The number of hydrogen-bond donors (Lipinski definition) is 1. The van der Waals surface area contributed by atoms with Crippen LogP contribution in [0.4, 0.5) is 10.1 Å². The normalized spacial score (nSPS) is 11.6. The van der Waals surface area contributed by atoms with Gasteiger partial charge in [-0.3, -0.25) is 4.79 Å². The number of amides is 1. The minimum Gasteiger partial charge on any atom is -0.322 e. The Bertz CT molecular complexity index is 528. The summed E-state index contributed by atoms with van der Waals surface area (Å²) in [6, 6.07) is 2.99. The zero-order valence-corrected chi connectivity index (χ0v) is 18.4. The van der Waals surface area contributed by atoms with Crippen molar-refractivity contribution in [2.45, 2.75) is 73.1 Å². The third-order valence-corrected chi connectivity index (χ3v) is 9.95. The summed E-state index contributed by atoms with van der Waals surface area (Å²) < 4.78 is 13.5. The highest BCUT2D eigenvalue weighted by atomic mass is 31.2. The Morgan fingerprint density at radius 3 is 1.73 bits per heavy atom. The molecular formula is C22H38FNOP+. The van der Waals surface area contributed by atoms with Crippen molar-refractivity contribution in [3.63, 3.8) is 0 Å². The highest BCUT2D eigenvalue weighted by Gasteiger charge is 2.38. The lowest BCUT2D eigenvalue weighted by molar-refractivity contribution is -0.113.